The van der Waals surface area contributed by atoms with Crippen LogP contribution < -0.4 is 5.32 Å². The minimum absolute atomic E-state index is 0.109. The highest BCUT2D eigenvalue weighted by Gasteiger charge is 2.56. The third kappa shape index (κ3) is 5.41. The quantitative estimate of drug-likeness (QED) is 0.557. The van der Waals surface area contributed by atoms with Crippen LogP contribution >= 0.6 is 0 Å². The van der Waals surface area contributed by atoms with Gasteiger partial charge in [-0.3, -0.25) is 9.69 Å². The maximum Gasteiger partial charge on any atom is 0.253 e. The Labute approximate surface area is 210 Å². The number of ether oxygens (including phenoxy) is 1. The Hall–Kier alpha value is -2.37. The van der Waals surface area contributed by atoms with Crippen LogP contribution in [-0.2, 0) is 23.1 Å². The van der Waals surface area contributed by atoms with E-state index in [-0.39, 0.29) is 11.3 Å². The van der Waals surface area contributed by atoms with Gasteiger partial charge in [0.25, 0.3) is 5.91 Å². The minimum Gasteiger partial charge on any atom is -0.385 e. The Bertz CT molecular complexity index is 1030. The molecule has 1 N–H and O–H groups in total. The zero-order valence-electron chi connectivity index (χ0n) is 21.8. The number of piperidine rings is 1. The number of nitrogens with zero attached hydrogens (tertiary/aromatic N) is 2. The topological polar surface area (TPSA) is 44.8 Å². The largest absolute Gasteiger partial charge is 0.385 e. The smallest absolute Gasteiger partial charge is 0.253 e. The van der Waals surface area contributed by atoms with E-state index >= 15 is 0 Å². The van der Waals surface area contributed by atoms with Crippen LogP contribution in [0.5, 0.6) is 0 Å². The first-order chi connectivity index (χ1) is 16.8. The molecule has 2 atom stereocenters. The van der Waals surface area contributed by atoms with Crippen molar-refractivity contribution in [2.75, 3.05) is 51.3 Å². The molecule has 2 heterocycles. The van der Waals surface area contributed by atoms with Crippen molar-refractivity contribution >= 4 is 11.6 Å². The molecule has 2 aliphatic heterocycles. The number of hydrogen-bond acceptors (Lipinski definition) is 4. The van der Waals surface area contributed by atoms with Crippen LogP contribution in [0.4, 0.5) is 5.69 Å². The highest BCUT2D eigenvalue weighted by Crippen LogP contribution is 2.51. The number of rotatable bonds is 8. The van der Waals surface area contributed by atoms with Crippen LogP contribution in [0, 0.1) is 17.8 Å². The molecular formula is C30H41N3O2. The highest BCUT2D eigenvalue weighted by molar-refractivity contribution is 5.94. The van der Waals surface area contributed by atoms with Gasteiger partial charge in [0.1, 0.15) is 0 Å². The van der Waals surface area contributed by atoms with Gasteiger partial charge in [0.2, 0.25) is 0 Å². The summed E-state index contributed by atoms with van der Waals surface area (Å²) < 4.78 is 5.54. The fourth-order valence-corrected chi connectivity index (χ4v) is 5.90. The van der Waals surface area contributed by atoms with Crippen LogP contribution in [0.1, 0.15) is 54.7 Å². The summed E-state index contributed by atoms with van der Waals surface area (Å²) in [5.74, 6) is 2.16. The summed E-state index contributed by atoms with van der Waals surface area (Å²) in [7, 11) is 0. The minimum atomic E-state index is 0.109. The van der Waals surface area contributed by atoms with Gasteiger partial charge in [-0.2, -0.15) is 0 Å². The summed E-state index contributed by atoms with van der Waals surface area (Å²) in [5, 5.41) is 3.70. The lowest BCUT2D eigenvalue weighted by molar-refractivity contribution is 0.0768. The van der Waals surface area contributed by atoms with Crippen molar-refractivity contribution in [3.05, 3.63) is 64.7 Å². The molecule has 5 rings (SSSR count). The lowest BCUT2D eigenvalue weighted by Gasteiger charge is -2.29. The number of hydrogen-bond donors (Lipinski definition) is 1. The van der Waals surface area contributed by atoms with Crippen molar-refractivity contribution in [2.45, 2.75) is 46.1 Å². The fourth-order valence-electron chi connectivity index (χ4n) is 5.90. The second-order valence-electron chi connectivity index (χ2n) is 11.6. The first kappa shape index (κ1) is 24.3. The third-order valence-corrected chi connectivity index (χ3v) is 8.25. The second-order valence-corrected chi connectivity index (χ2v) is 11.6. The van der Waals surface area contributed by atoms with Gasteiger partial charge in [-0.25, -0.2) is 0 Å². The lowest BCUT2D eigenvalue weighted by Crippen LogP contribution is -2.33. The van der Waals surface area contributed by atoms with Crippen molar-refractivity contribution in [3.8, 4) is 0 Å². The van der Waals surface area contributed by atoms with Gasteiger partial charge in [0.05, 0.1) is 6.61 Å². The molecule has 5 heteroatoms. The summed E-state index contributed by atoms with van der Waals surface area (Å²) in [4.78, 5) is 17.6. The predicted molar refractivity (Wildman–Crippen MR) is 142 cm³/mol. The number of anilines is 1. The molecule has 0 radical (unpaired) electrons. The van der Waals surface area contributed by atoms with Gasteiger partial charge in [-0.1, -0.05) is 39.0 Å². The van der Waals surface area contributed by atoms with Crippen LogP contribution in [0.25, 0.3) is 0 Å². The van der Waals surface area contributed by atoms with Crippen LogP contribution in [0.2, 0.25) is 0 Å². The number of amides is 1. The molecule has 1 saturated carbocycles. The number of carbonyl (C=O) groups excluding carboxylic acids is 1. The molecule has 2 unspecified atom stereocenters. The summed E-state index contributed by atoms with van der Waals surface area (Å²) in [5.41, 5.74) is 6.35. The average molecular weight is 476 g/mol. The van der Waals surface area contributed by atoms with Crippen LogP contribution in [0.15, 0.2) is 42.5 Å². The molecule has 0 bridgehead atoms. The summed E-state index contributed by atoms with van der Waals surface area (Å²) in [6.07, 6.45) is 1.12. The molecule has 5 nitrogen and oxygen atoms in total. The van der Waals surface area contributed by atoms with E-state index < -0.39 is 0 Å². The van der Waals surface area contributed by atoms with Gasteiger partial charge in [-0.15, -0.1) is 0 Å². The molecule has 3 aliphatic rings. The Morgan fingerprint density at radius 1 is 1.06 bits per heavy atom. The predicted octanol–water partition coefficient (Wildman–Crippen LogP) is 4.81. The van der Waals surface area contributed by atoms with Crippen molar-refractivity contribution in [1.29, 1.82) is 0 Å². The van der Waals surface area contributed by atoms with Crippen molar-refractivity contribution in [3.63, 3.8) is 0 Å². The van der Waals surface area contributed by atoms with Crippen molar-refractivity contribution in [2.24, 2.45) is 17.8 Å². The number of carbonyl (C=O) groups is 1. The van der Waals surface area contributed by atoms with Crippen molar-refractivity contribution in [1.82, 2.24) is 9.80 Å². The molecule has 2 fully saturated rings. The Morgan fingerprint density at radius 3 is 2.49 bits per heavy atom. The van der Waals surface area contributed by atoms with E-state index in [0.29, 0.717) is 17.8 Å². The van der Waals surface area contributed by atoms with Gasteiger partial charge < -0.3 is 15.0 Å². The highest BCUT2D eigenvalue weighted by atomic mass is 16.5. The standard InChI is InChI=1S/C30H41N3O2/c1-5-35-15-14-32-13-12-21-8-11-25(16-23(21)18-32)31-17-26-27-19-33(20-28(26)27)29(34)22-6-9-24(10-7-22)30(2,3)4/h6-11,16,26-28,31H,5,12-15,17-20H2,1-4H3. The SMILES string of the molecule is CCOCCN1CCc2ccc(NCC3C4CN(C(=O)c5ccc(C(C)(C)C)cc5)CC34)cc2C1. The van der Waals surface area contributed by atoms with E-state index in [0.717, 1.165) is 64.5 Å². The summed E-state index contributed by atoms with van der Waals surface area (Å²) >= 11 is 0. The molecule has 0 spiro atoms. The second kappa shape index (κ2) is 9.94. The lowest BCUT2D eigenvalue weighted by atomic mass is 9.86. The number of fused-ring (bicyclic) bond motifs is 2. The van der Waals surface area contributed by atoms with Crippen LogP contribution in [-0.4, -0.2) is 61.6 Å². The van der Waals surface area contributed by atoms with E-state index in [4.69, 9.17) is 4.74 Å². The average Bonchev–Trinajstić information content (AvgIpc) is 3.29. The van der Waals surface area contributed by atoms with E-state index in [9.17, 15) is 4.79 Å². The molecule has 2 aromatic rings. The number of nitrogens with one attached hydrogen (secondary N) is 1. The van der Waals surface area contributed by atoms with Gasteiger partial charge in [-0.05, 0) is 77.5 Å². The molecule has 35 heavy (non-hydrogen) atoms. The number of likely N-dealkylation sites (tertiary alicyclic amines) is 1. The Kier molecular flexibility index (Phi) is 6.91. The van der Waals surface area contributed by atoms with Crippen LogP contribution in [0.3, 0.4) is 0 Å². The molecule has 2 aromatic carbocycles. The molecule has 1 saturated heterocycles. The maximum absolute atomic E-state index is 13.0. The number of benzene rings is 2. The van der Waals surface area contributed by atoms with E-state index in [1.165, 1.54) is 22.4 Å². The van der Waals surface area contributed by atoms with E-state index in [2.05, 4.69) is 73.1 Å². The zero-order chi connectivity index (χ0) is 24.6. The molecule has 1 aliphatic carbocycles. The normalized spacial score (nSPS) is 23.7. The fraction of sp³-hybridized carbons (Fsp3) is 0.567. The van der Waals surface area contributed by atoms with E-state index in [1.54, 1.807) is 0 Å². The van der Waals surface area contributed by atoms with Gasteiger partial charge in [0, 0.05) is 57.1 Å². The Balaban J connectivity index is 1.09. The van der Waals surface area contributed by atoms with E-state index in [1.807, 2.05) is 12.1 Å². The molecule has 0 aromatic heterocycles. The monoisotopic (exact) mass is 475 g/mol. The summed E-state index contributed by atoms with van der Waals surface area (Å²) in [6, 6.07) is 15.1. The third-order valence-electron chi connectivity index (χ3n) is 8.25. The summed E-state index contributed by atoms with van der Waals surface area (Å²) in [6.45, 7) is 16.2. The van der Waals surface area contributed by atoms with Gasteiger partial charge in [0.15, 0.2) is 0 Å². The first-order valence-electron chi connectivity index (χ1n) is 13.4. The first-order valence-corrected chi connectivity index (χ1v) is 13.4. The maximum atomic E-state index is 13.0. The van der Waals surface area contributed by atoms with Crippen molar-refractivity contribution < 1.29 is 9.53 Å². The molecule has 1 amide bonds. The molecular weight excluding hydrogens is 434 g/mol. The Morgan fingerprint density at radius 2 is 1.80 bits per heavy atom. The zero-order valence-corrected chi connectivity index (χ0v) is 21.8. The molecule has 188 valence electrons. The van der Waals surface area contributed by atoms with Gasteiger partial charge >= 0.3 is 0 Å².